The Balaban J connectivity index is 2.42. The first-order valence-electron chi connectivity index (χ1n) is 8.77. The molecule has 0 aromatic heterocycles. The molecule has 1 saturated heterocycles. The largest absolute Gasteiger partial charge is 0.362 e. The Morgan fingerprint density at radius 1 is 1.25 bits per heavy atom. The molecule has 2 unspecified atom stereocenters. The maximum atomic E-state index is 5.67. The van der Waals surface area contributed by atoms with Crippen molar-refractivity contribution in [3.8, 4) is 0 Å². The summed E-state index contributed by atoms with van der Waals surface area (Å²) < 4.78 is 0. The molecule has 2 atom stereocenters. The lowest BCUT2D eigenvalue weighted by Gasteiger charge is -2.32. The third-order valence-corrected chi connectivity index (χ3v) is 5.07. The molecule has 1 fully saturated rings. The van der Waals surface area contributed by atoms with Crippen LogP contribution in [0.5, 0.6) is 0 Å². The zero-order valence-electron chi connectivity index (χ0n) is 13.8. The van der Waals surface area contributed by atoms with Crippen LogP contribution in [0.3, 0.4) is 0 Å². The molecule has 1 heterocycles. The van der Waals surface area contributed by atoms with E-state index in [4.69, 9.17) is 12.2 Å². The smallest absolute Gasteiger partial charge is 0.169 e. The number of hydrogen-bond donors (Lipinski definition) is 1. The molecule has 20 heavy (non-hydrogen) atoms. The van der Waals surface area contributed by atoms with Gasteiger partial charge in [0.05, 0.1) is 0 Å². The highest BCUT2D eigenvalue weighted by atomic mass is 32.1. The van der Waals surface area contributed by atoms with Crippen LogP contribution in [-0.4, -0.2) is 29.1 Å². The molecule has 1 aliphatic heterocycles. The maximum Gasteiger partial charge on any atom is 0.169 e. The number of likely N-dealkylation sites (tertiary alicyclic amines) is 1. The Kier molecular flexibility index (Phi) is 9.24. The van der Waals surface area contributed by atoms with Crippen LogP contribution >= 0.6 is 12.2 Å². The SMILES string of the molecule is CCCCC(CC)CNC(=S)N1CCCCCC1CC. The summed E-state index contributed by atoms with van der Waals surface area (Å²) in [4.78, 5) is 2.47. The number of nitrogens with one attached hydrogen (secondary N) is 1. The fourth-order valence-corrected chi connectivity index (χ4v) is 3.47. The highest BCUT2D eigenvalue weighted by molar-refractivity contribution is 7.80. The number of unbranched alkanes of at least 4 members (excludes halogenated alkanes) is 1. The number of nitrogens with zero attached hydrogens (tertiary/aromatic N) is 1. The van der Waals surface area contributed by atoms with Crippen molar-refractivity contribution in [2.75, 3.05) is 13.1 Å². The van der Waals surface area contributed by atoms with Crippen molar-refractivity contribution >= 4 is 17.3 Å². The predicted molar refractivity (Wildman–Crippen MR) is 93.2 cm³/mol. The monoisotopic (exact) mass is 298 g/mol. The zero-order chi connectivity index (χ0) is 14.8. The van der Waals surface area contributed by atoms with Crippen LogP contribution in [-0.2, 0) is 0 Å². The molecule has 0 spiro atoms. The molecule has 0 aliphatic carbocycles. The Morgan fingerprint density at radius 3 is 2.70 bits per heavy atom. The second-order valence-electron chi connectivity index (χ2n) is 6.21. The van der Waals surface area contributed by atoms with Gasteiger partial charge in [-0.25, -0.2) is 0 Å². The quantitative estimate of drug-likeness (QED) is 0.684. The van der Waals surface area contributed by atoms with Crippen LogP contribution in [0.1, 0.15) is 78.6 Å². The molecular formula is C17H34N2S. The van der Waals surface area contributed by atoms with Gasteiger partial charge in [0.2, 0.25) is 0 Å². The normalized spacial score (nSPS) is 21.4. The van der Waals surface area contributed by atoms with Crippen molar-refractivity contribution in [2.45, 2.75) is 84.6 Å². The molecule has 1 N–H and O–H groups in total. The molecule has 0 radical (unpaired) electrons. The van der Waals surface area contributed by atoms with E-state index in [1.807, 2.05) is 0 Å². The van der Waals surface area contributed by atoms with E-state index in [-0.39, 0.29) is 0 Å². The molecule has 0 aromatic rings. The lowest BCUT2D eigenvalue weighted by molar-refractivity contribution is 0.300. The van der Waals surface area contributed by atoms with E-state index in [0.717, 1.165) is 24.1 Å². The second-order valence-corrected chi connectivity index (χ2v) is 6.59. The molecule has 0 amide bonds. The number of rotatable bonds is 7. The first-order valence-corrected chi connectivity index (χ1v) is 9.18. The summed E-state index contributed by atoms with van der Waals surface area (Å²) in [5, 5.41) is 4.57. The van der Waals surface area contributed by atoms with E-state index in [1.54, 1.807) is 0 Å². The van der Waals surface area contributed by atoms with Crippen LogP contribution < -0.4 is 5.32 Å². The average molecular weight is 299 g/mol. The minimum Gasteiger partial charge on any atom is -0.362 e. The molecule has 1 rings (SSSR count). The van der Waals surface area contributed by atoms with Gasteiger partial charge in [-0.3, -0.25) is 0 Å². The summed E-state index contributed by atoms with van der Waals surface area (Å²) >= 11 is 5.67. The fraction of sp³-hybridized carbons (Fsp3) is 0.941. The highest BCUT2D eigenvalue weighted by Gasteiger charge is 2.21. The Labute approximate surface area is 131 Å². The summed E-state index contributed by atoms with van der Waals surface area (Å²) in [6, 6.07) is 0.660. The van der Waals surface area contributed by atoms with Gasteiger partial charge in [-0.1, -0.05) is 52.9 Å². The van der Waals surface area contributed by atoms with Crippen LogP contribution in [0.15, 0.2) is 0 Å². The van der Waals surface area contributed by atoms with Crippen LogP contribution in [0, 0.1) is 5.92 Å². The van der Waals surface area contributed by atoms with E-state index in [2.05, 4.69) is 31.0 Å². The average Bonchev–Trinajstić information content (AvgIpc) is 2.72. The van der Waals surface area contributed by atoms with Crippen molar-refractivity contribution in [1.29, 1.82) is 0 Å². The molecular weight excluding hydrogens is 264 g/mol. The van der Waals surface area contributed by atoms with Crippen LogP contribution in [0.2, 0.25) is 0 Å². The number of thiocarbonyl (C=S) groups is 1. The Bertz CT molecular complexity index is 268. The van der Waals surface area contributed by atoms with E-state index >= 15 is 0 Å². The van der Waals surface area contributed by atoms with Gasteiger partial charge >= 0.3 is 0 Å². The third kappa shape index (κ3) is 5.99. The molecule has 0 saturated carbocycles. The molecule has 2 nitrogen and oxygen atoms in total. The fourth-order valence-electron chi connectivity index (χ4n) is 3.15. The first-order chi connectivity index (χ1) is 9.72. The van der Waals surface area contributed by atoms with E-state index in [1.165, 1.54) is 57.8 Å². The predicted octanol–water partition coefficient (Wildman–Crippen LogP) is 4.73. The minimum absolute atomic E-state index is 0.660. The minimum atomic E-state index is 0.660. The number of hydrogen-bond acceptors (Lipinski definition) is 1. The molecule has 0 aromatic carbocycles. The Hall–Kier alpha value is -0.310. The van der Waals surface area contributed by atoms with E-state index in [9.17, 15) is 0 Å². The van der Waals surface area contributed by atoms with Gasteiger partial charge in [-0.2, -0.15) is 0 Å². The summed E-state index contributed by atoms with van der Waals surface area (Å²) in [7, 11) is 0. The maximum absolute atomic E-state index is 5.67. The summed E-state index contributed by atoms with van der Waals surface area (Å²) in [6.07, 6.45) is 11.8. The zero-order valence-corrected chi connectivity index (χ0v) is 14.6. The van der Waals surface area contributed by atoms with Gasteiger partial charge in [0.1, 0.15) is 0 Å². The molecule has 118 valence electrons. The standard InChI is InChI=1S/C17H34N2S/c1-4-7-11-15(5-2)14-18-17(20)19-13-10-8-9-12-16(19)6-3/h15-16H,4-14H2,1-3H3,(H,18,20). The summed E-state index contributed by atoms with van der Waals surface area (Å²) in [6.45, 7) is 9.07. The Morgan fingerprint density at radius 2 is 2.05 bits per heavy atom. The van der Waals surface area contributed by atoms with Gasteiger partial charge in [-0.15, -0.1) is 0 Å². The molecule has 3 heteroatoms. The highest BCUT2D eigenvalue weighted by Crippen LogP contribution is 2.19. The molecule has 0 bridgehead atoms. The van der Waals surface area contributed by atoms with Crippen molar-refractivity contribution in [2.24, 2.45) is 5.92 Å². The van der Waals surface area contributed by atoms with E-state index < -0.39 is 0 Å². The lowest BCUT2D eigenvalue weighted by atomic mass is 9.99. The summed E-state index contributed by atoms with van der Waals surface area (Å²) in [5.74, 6) is 0.778. The van der Waals surface area contributed by atoms with Crippen molar-refractivity contribution < 1.29 is 0 Å². The molecule has 1 aliphatic rings. The van der Waals surface area contributed by atoms with Crippen molar-refractivity contribution in [3.05, 3.63) is 0 Å². The van der Waals surface area contributed by atoms with E-state index in [0.29, 0.717) is 6.04 Å². The lowest BCUT2D eigenvalue weighted by Crippen LogP contribution is -2.46. The third-order valence-electron chi connectivity index (χ3n) is 4.69. The van der Waals surface area contributed by atoms with Crippen LogP contribution in [0.4, 0.5) is 0 Å². The van der Waals surface area contributed by atoms with Gasteiger partial charge in [-0.05, 0) is 43.8 Å². The second kappa shape index (κ2) is 10.4. The van der Waals surface area contributed by atoms with Gasteiger partial charge in [0.25, 0.3) is 0 Å². The van der Waals surface area contributed by atoms with Crippen LogP contribution in [0.25, 0.3) is 0 Å². The van der Waals surface area contributed by atoms with Gasteiger partial charge in [0.15, 0.2) is 5.11 Å². The van der Waals surface area contributed by atoms with Crippen molar-refractivity contribution in [1.82, 2.24) is 10.2 Å². The van der Waals surface area contributed by atoms with Gasteiger partial charge in [0, 0.05) is 19.1 Å². The van der Waals surface area contributed by atoms with Gasteiger partial charge < -0.3 is 10.2 Å². The summed E-state index contributed by atoms with van der Waals surface area (Å²) in [5.41, 5.74) is 0. The van der Waals surface area contributed by atoms with Crippen molar-refractivity contribution in [3.63, 3.8) is 0 Å². The topological polar surface area (TPSA) is 15.3 Å². The first kappa shape index (κ1) is 17.7.